The number of nitrogens with zero attached hydrogens (tertiary/aromatic N) is 1. The fourth-order valence-electron chi connectivity index (χ4n) is 3.53. The van der Waals surface area contributed by atoms with Crippen LogP contribution in [-0.2, 0) is 4.74 Å². The van der Waals surface area contributed by atoms with Crippen LogP contribution in [0.5, 0.6) is 0 Å². The average molecular weight is 396 g/mol. The molecule has 0 radical (unpaired) electrons. The molecule has 2 aromatic carbocycles. The summed E-state index contributed by atoms with van der Waals surface area (Å²) in [6.45, 7) is 7.04. The number of rotatable bonds is 4. The molecular weight excluding hydrogens is 366 g/mol. The van der Waals surface area contributed by atoms with Crippen molar-refractivity contribution in [3.05, 3.63) is 59.7 Å². The van der Waals surface area contributed by atoms with Crippen LogP contribution in [0.3, 0.4) is 0 Å². The van der Waals surface area contributed by atoms with Gasteiger partial charge in [-0.2, -0.15) is 0 Å². The Balaban J connectivity index is 1.68. The molecule has 6 heteroatoms. The first-order valence-electron chi connectivity index (χ1n) is 9.97. The fourth-order valence-corrected chi connectivity index (χ4v) is 3.53. The van der Waals surface area contributed by atoms with Crippen molar-refractivity contribution in [1.29, 1.82) is 0 Å². The summed E-state index contributed by atoms with van der Waals surface area (Å²) in [4.78, 5) is 26.9. The highest BCUT2D eigenvalue weighted by atomic mass is 16.6. The number of nitrogens with two attached hydrogens (primary N) is 1. The molecule has 29 heavy (non-hydrogen) atoms. The molecule has 1 saturated heterocycles. The van der Waals surface area contributed by atoms with Crippen LogP contribution in [0.25, 0.3) is 0 Å². The molecule has 154 valence electrons. The van der Waals surface area contributed by atoms with Crippen molar-refractivity contribution in [2.45, 2.75) is 45.3 Å². The minimum absolute atomic E-state index is 0.0105. The van der Waals surface area contributed by atoms with Gasteiger partial charge in [-0.3, -0.25) is 4.79 Å². The van der Waals surface area contributed by atoms with E-state index in [1.54, 1.807) is 18.2 Å². The van der Waals surface area contributed by atoms with E-state index < -0.39 is 11.7 Å². The number of hydrogen-bond acceptors (Lipinski definition) is 5. The number of benzene rings is 2. The van der Waals surface area contributed by atoms with Crippen LogP contribution in [0, 0.1) is 0 Å². The number of carbonyl (C=O) groups excluding carboxylic acids is 2. The van der Waals surface area contributed by atoms with Crippen molar-refractivity contribution in [2.75, 3.05) is 23.7 Å². The van der Waals surface area contributed by atoms with Crippen LogP contribution in [0.2, 0.25) is 0 Å². The van der Waals surface area contributed by atoms with Gasteiger partial charge in [-0.05, 0) is 51.8 Å². The molecule has 3 rings (SSSR count). The van der Waals surface area contributed by atoms with Crippen LogP contribution in [0.15, 0.2) is 48.5 Å². The number of amides is 1. The van der Waals surface area contributed by atoms with E-state index in [0.717, 1.165) is 25.1 Å². The van der Waals surface area contributed by atoms with Gasteiger partial charge in [0, 0.05) is 30.3 Å². The summed E-state index contributed by atoms with van der Waals surface area (Å²) in [5.74, 6) is -0.0491. The number of nitrogen functional groups attached to an aromatic ring is 1. The third-order valence-corrected chi connectivity index (χ3v) is 4.81. The average Bonchev–Trinajstić information content (AvgIpc) is 2.66. The second-order valence-electron chi connectivity index (χ2n) is 8.40. The van der Waals surface area contributed by atoms with Crippen LogP contribution < -0.4 is 16.0 Å². The maximum atomic E-state index is 12.6. The molecule has 1 atom stereocenters. The molecule has 0 saturated carbocycles. The van der Waals surface area contributed by atoms with E-state index in [9.17, 15) is 9.59 Å². The summed E-state index contributed by atoms with van der Waals surface area (Å²) in [7, 11) is 0. The van der Waals surface area contributed by atoms with Crippen LogP contribution in [0.1, 0.15) is 49.5 Å². The number of alkyl carbamates (subject to hydrolysis) is 1. The lowest BCUT2D eigenvalue weighted by atomic mass is 10.0. The highest BCUT2D eigenvalue weighted by Crippen LogP contribution is 2.28. The Morgan fingerprint density at radius 3 is 2.48 bits per heavy atom. The number of piperidine rings is 1. The third-order valence-electron chi connectivity index (χ3n) is 4.81. The Bertz CT molecular complexity index is 875. The second kappa shape index (κ2) is 8.55. The van der Waals surface area contributed by atoms with Crippen molar-refractivity contribution >= 4 is 23.3 Å². The summed E-state index contributed by atoms with van der Waals surface area (Å²) < 4.78 is 5.36. The minimum atomic E-state index is -0.524. The largest absolute Gasteiger partial charge is 0.444 e. The van der Waals surface area contributed by atoms with E-state index >= 15 is 0 Å². The number of anilines is 2. The van der Waals surface area contributed by atoms with E-state index in [2.05, 4.69) is 10.2 Å². The topological polar surface area (TPSA) is 84.7 Å². The zero-order valence-electron chi connectivity index (χ0n) is 17.3. The quantitative estimate of drug-likeness (QED) is 0.604. The highest BCUT2D eigenvalue weighted by Gasteiger charge is 2.25. The van der Waals surface area contributed by atoms with Gasteiger partial charge in [0.25, 0.3) is 0 Å². The Hall–Kier alpha value is -3.02. The van der Waals surface area contributed by atoms with Gasteiger partial charge in [0.15, 0.2) is 5.78 Å². The highest BCUT2D eigenvalue weighted by molar-refractivity contribution is 6.09. The number of carbonyl (C=O) groups is 2. The first kappa shape index (κ1) is 20.7. The van der Waals surface area contributed by atoms with E-state index in [0.29, 0.717) is 23.4 Å². The van der Waals surface area contributed by atoms with Gasteiger partial charge in [-0.25, -0.2) is 4.79 Å². The number of ether oxygens (including phenoxy) is 1. The van der Waals surface area contributed by atoms with Crippen molar-refractivity contribution in [3.8, 4) is 0 Å². The summed E-state index contributed by atoms with van der Waals surface area (Å²) in [5.41, 5.74) is 8.41. The van der Waals surface area contributed by atoms with Crippen molar-refractivity contribution < 1.29 is 14.3 Å². The molecule has 1 fully saturated rings. The Morgan fingerprint density at radius 2 is 1.83 bits per heavy atom. The van der Waals surface area contributed by atoms with Crippen LogP contribution in [-0.4, -0.2) is 36.6 Å². The molecule has 1 unspecified atom stereocenters. The summed E-state index contributed by atoms with van der Waals surface area (Å²) in [6.07, 6.45) is 1.42. The van der Waals surface area contributed by atoms with Crippen LogP contribution >= 0.6 is 0 Å². The molecule has 6 nitrogen and oxygen atoms in total. The fraction of sp³-hybridized carbons (Fsp3) is 0.391. The van der Waals surface area contributed by atoms with Crippen molar-refractivity contribution in [3.63, 3.8) is 0 Å². The standard InChI is InChI=1S/C23H29N3O3/c1-23(2,3)29-22(28)25-18-10-7-13-26(15-18)20-12-11-17(14-19(20)24)21(27)16-8-5-4-6-9-16/h4-6,8-9,11-12,14,18H,7,10,13,15,24H2,1-3H3,(H,25,28). The predicted octanol–water partition coefficient (Wildman–Crippen LogP) is 3.99. The molecule has 2 aromatic rings. The van der Waals surface area contributed by atoms with E-state index in [4.69, 9.17) is 10.5 Å². The maximum Gasteiger partial charge on any atom is 0.407 e. The first-order valence-corrected chi connectivity index (χ1v) is 9.97. The maximum absolute atomic E-state index is 12.6. The molecule has 1 heterocycles. The normalized spacial score (nSPS) is 16.9. The Morgan fingerprint density at radius 1 is 1.10 bits per heavy atom. The van der Waals surface area contributed by atoms with Gasteiger partial charge >= 0.3 is 6.09 Å². The molecule has 0 spiro atoms. The number of ketones is 1. The van der Waals surface area contributed by atoms with Crippen molar-refractivity contribution in [1.82, 2.24) is 5.32 Å². The molecule has 1 aliphatic heterocycles. The van der Waals surface area contributed by atoms with Gasteiger partial charge in [0.05, 0.1) is 11.4 Å². The summed E-state index contributed by atoms with van der Waals surface area (Å²) in [6, 6.07) is 14.6. The van der Waals surface area contributed by atoms with Gasteiger partial charge in [0.1, 0.15) is 5.60 Å². The molecule has 1 amide bonds. The summed E-state index contributed by atoms with van der Waals surface area (Å²) in [5, 5.41) is 2.95. The van der Waals surface area contributed by atoms with E-state index in [1.807, 2.05) is 51.1 Å². The van der Waals surface area contributed by atoms with Gasteiger partial charge in [-0.15, -0.1) is 0 Å². The second-order valence-corrected chi connectivity index (χ2v) is 8.40. The summed E-state index contributed by atoms with van der Waals surface area (Å²) >= 11 is 0. The smallest absolute Gasteiger partial charge is 0.407 e. The predicted molar refractivity (Wildman–Crippen MR) is 115 cm³/mol. The van der Waals surface area contributed by atoms with Gasteiger partial charge in [0.2, 0.25) is 0 Å². The van der Waals surface area contributed by atoms with Gasteiger partial charge in [-0.1, -0.05) is 30.3 Å². The van der Waals surface area contributed by atoms with E-state index in [-0.39, 0.29) is 11.8 Å². The van der Waals surface area contributed by atoms with Crippen LogP contribution in [0.4, 0.5) is 16.2 Å². The number of hydrogen-bond donors (Lipinski definition) is 2. The lowest BCUT2D eigenvalue weighted by Crippen LogP contribution is -2.49. The lowest BCUT2D eigenvalue weighted by Gasteiger charge is -2.35. The Kier molecular flexibility index (Phi) is 6.11. The third kappa shape index (κ3) is 5.50. The number of nitrogens with one attached hydrogen (secondary N) is 1. The molecule has 0 aliphatic carbocycles. The molecular formula is C23H29N3O3. The zero-order valence-corrected chi connectivity index (χ0v) is 17.3. The molecule has 1 aliphatic rings. The van der Waals surface area contributed by atoms with Crippen molar-refractivity contribution in [2.24, 2.45) is 0 Å². The lowest BCUT2D eigenvalue weighted by molar-refractivity contribution is 0.0500. The monoisotopic (exact) mass is 395 g/mol. The van der Waals surface area contributed by atoms with Gasteiger partial charge < -0.3 is 20.7 Å². The van der Waals surface area contributed by atoms with E-state index in [1.165, 1.54) is 0 Å². The molecule has 0 aromatic heterocycles. The SMILES string of the molecule is CC(C)(C)OC(=O)NC1CCCN(c2ccc(C(=O)c3ccccc3)cc2N)C1. The molecule has 3 N–H and O–H groups in total. The molecule has 0 bridgehead atoms. The Labute approximate surface area is 172 Å². The zero-order chi connectivity index (χ0) is 21.0. The minimum Gasteiger partial charge on any atom is -0.444 e. The first-order chi connectivity index (χ1) is 13.7.